The highest BCUT2D eigenvalue weighted by atomic mass is 16.5. The molecule has 1 saturated heterocycles. The lowest BCUT2D eigenvalue weighted by molar-refractivity contribution is 0.277. The smallest absolute Gasteiger partial charge is 0.119 e. The SMILES string of the molecule is Cc1cccc(OC[C@@H]2CCCN2)c1. The summed E-state index contributed by atoms with van der Waals surface area (Å²) in [7, 11) is 0. The molecule has 1 heterocycles. The number of aryl methyl sites for hydroxylation is 1. The Balaban J connectivity index is 1.85. The first kappa shape index (κ1) is 9.53. The average Bonchev–Trinajstić information content (AvgIpc) is 2.67. The van der Waals surface area contributed by atoms with Gasteiger partial charge in [-0.05, 0) is 44.0 Å². The van der Waals surface area contributed by atoms with E-state index in [-0.39, 0.29) is 0 Å². The lowest BCUT2D eigenvalue weighted by Gasteiger charge is -2.12. The van der Waals surface area contributed by atoms with E-state index in [1.165, 1.54) is 18.4 Å². The molecule has 1 aliphatic heterocycles. The maximum atomic E-state index is 5.71. The van der Waals surface area contributed by atoms with Crippen LogP contribution in [-0.4, -0.2) is 19.2 Å². The molecule has 14 heavy (non-hydrogen) atoms. The van der Waals surface area contributed by atoms with Crippen LogP contribution in [0.4, 0.5) is 0 Å². The van der Waals surface area contributed by atoms with Crippen molar-refractivity contribution in [1.82, 2.24) is 5.32 Å². The van der Waals surface area contributed by atoms with E-state index in [1.807, 2.05) is 12.1 Å². The number of rotatable bonds is 3. The zero-order chi connectivity index (χ0) is 9.80. The number of ether oxygens (including phenoxy) is 1. The Morgan fingerprint density at radius 1 is 1.50 bits per heavy atom. The van der Waals surface area contributed by atoms with Gasteiger partial charge in [-0.15, -0.1) is 0 Å². The van der Waals surface area contributed by atoms with Crippen molar-refractivity contribution >= 4 is 0 Å². The van der Waals surface area contributed by atoms with E-state index in [1.54, 1.807) is 0 Å². The molecule has 0 bridgehead atoms. The average molecular weight is 191 g/mol. The molecule has 0 aromatic heterocycles. The minimum atomic E-state index is 0.551. The van der Waals surface area contributed by atoms with Crippen molar-refractivity contribution in [2.75, 3.05) is 13.2 Å². The molecule has 0 saturated carbocycles. The van der Waals surface area contributed by atoms with Gasteiger partial charge in [-0.25, -0.2) is 0 Å². The minimum Gasteiger partial charge on any atom is -0.492 e. The molecule has 0 aliphatic carbocycles. The largest absolute Gasteiger partial charge is 0.492 e. The quantitative estimate of drug-likeness (QED) is 0.790. The molecule has 2 rings (SSSR count). The van der Waals surface area contributed by atoms with E-state index in [9.17, 15) is 0 Å². The van der Waals surface area contributed by atoms with Crippen molar-refractivity contribution in [3.63, 3.8) is 0 Å². The Morgan fingerprint density at radius 2 is 2.43 bits per heavy atom. The van der Waals surface area contributed by atoms with E-state index < -0.39 is 0 Å². The van der Waals surface area contributed by atoms with Crippen LogP contribution in [0.2, 0.25) is 0 Å². The van der Waals surface area contributed by atoms with Gasteiger partial charge in [0.2, 0.25) is 0 Å². The summed E-state index contributed by atoms with van der Waals surface area (Å²) < 4.78 is 5.71. The Bertz CT molecular complexity index is 292. The van der Waals surface area contributed by atoms with Gasteiger partial charge in [0.15, 0.2) is 0 Å². The van der Waals surface area contributed by atoms with Gasteiger partial charge in [-0.1, -0.05) is 12.1 Å². The second-order valence-corrected chi connectivity index (χ2v) is 3.92. The van der Waals surface area contributed by atoms with Gasteiger partial charge in [0.05, 0.1) is 0 Å². The number of nitrogens with one attached hydrogen (secondary N) is 1. The van der Waals surface area contributed by atoms with Crippen molar-refractivity contribution in [3.05, 3.63) is 29.8 Å². The van der Waals surface area contributed by atoms with Gasteiger partial charge < -0.3 is 10.1 Å². The Morgan fingerprint density at radius 3 is 3.14 bits per heavy atom. The van der Waals surface area contributed by atoms with Crippen molar-refractivity contribution in [3.8, 4) is 5.75 Å². The van der Waals surface area contributed by atoms with E-state index in [0.29, 0.717) is 6.04 Å². The number of hydrogen-bond donors (Lipinski definition) is 1. The van der Waals surface area contributed by atoms with Crippen molar-refractivity contribution in [2.24, 2.45) is 0 Å². The van der Waals surface area contributed by atoms with E-state index >= 15 is 0 Å². The third-order valence-electron chi connectivity index (χ3n) is 2.60. The van der Waals surface area contributed by atoms with Gasteiger partial charge in [0.1, 0.15) is 12.4 Å². The van der Waals surface area contributed by atoms with Crippen LogP contribution in [-0.2, 0) is 0 Å². The number of hydrogen-bond acceptors (Lipinski definition) is 2. The summed E-state index contributed by atoms with van der Waals surface area (Å²) in [5.74, 6) is 0.985. The summed E-state index contributed by atoms with van der Waals surface area (Å²) in [6.07, 6.45) is 2.52. The van der Waals surface area contributed by atoms with Gasteiger partial charge in [0, 0.05) is 6.04 Å². The molecule has 76 valence electrons. The molecule has 2 heteroatoms. The van der Waals surface area contributed by atoms with Gasteiger partial charge >= 0.3 is 0 Å². The molecular weight excluding hydrogens is 174 g/mol. The predicted molar refractivity (Wildman–Crippen MR) is 57.7 cm³/mol. The molecule has 2 nitrogen and oxygen atoms in total. The summed E-state index contributed by atoms with van der Waals surface area (Å²) in [5, 5.41) is 3.42. The van der Waals surface area contributed by atoms with Crippen LogP contribution in [0.15, 0.2) is 24.3 Å². The van der Waals surface area contributed by atoms with Crippen LogP contribution in [0, 0.1) is 6.92 Å². The van der Waals surface area contributed by atoms with Crippen LogP contribution in [0.1, 0.15) is 18.4 Å². The second kappa shape index (κ2) is 4.47. The normalized spacial score (nSPS) is 21.1. The van der Waals surface area contributed by atoms with Gasteiger partial charge in [0.25, 0.3) is 0 Å². The van der Waals surface area contributed by atoms with Crippen LogP contribution < -0.4 is 10.1 Å². The Hall–Kier alpha value is -1.02. The van der Waals surface area contributed by atoms with Crippen LogP contribution in [0.5, 0.6) is 5.75 Å². The highest BCUT2D eigenvalue weighted by molar-refractivity contribution is 5.27. The summed E-state index contributed by atoms with van der Waals surface area (Å²) in [6.45, 7) is 4.02. The summed E-state index contributed by atoms with van der Waals surface area (Å²) in [4.78, 5) is 0. The first-order valence-electron chi connectivity index (χ1n) is 5.27. The molecule has 1 aliphatic rings. The molecule has 1 aromatic rings. The third-order valence-corrected chi connectivity index (χ3v) is 2.60. The highest BCUT2D eigenvalue weighted by Gasteiger charge is 2.14. The lowest BCUT2D eigenvalue weighted by atomic mass is 10.2. The van der Waals surface area contributed by atoms with Gasteiger partial charge in [-0.3, -0.25) is 0 Å². The number of benzene rings is 1. The third kappa shape index (κ3) is 2.48. The monoisotopic (exact) mass is 191 g/mol. The second-order valence-electron chi connectivity index (χ2n) is 3.92. The minimum absolute atomic E-state index is 0.551. The highest BCUT2D eigenvalue weighted by Crippen LogP contribution is 2.14. The first-order chi connectivity index (χ1) is 6.84. The molecule has 1 aromatic carbocycles. The Labute approximate surface area is 85.3 Å². The summed E-state index contributed by atoms with van der Waals surface area (Å²) in [6, 6.07) is 8.76. The molecule has 1 fully saturated rings. The van der Waals surface area contributed by atoms with E-state index in [0.717, 1.165) is 18.9 Å². The standard InChI is InChI=1S/C12H17NO/c1-10-4-2-6-12(8-10)14-9-11-5-3-7-13-11/h2,4,6,8,11,13H,3,5,7,9H2,1H3/t11-/m0/s1. The lowest BCUT2D eigenvalue weighted by Crippen LogP contribution is -2.28. The maximum Gasteiger partial charge on any atom is 0.119 e. The molecule has 1 N–H and O–H groups in total. The molecular formula is C12H17NO. The van der Waals surface area contributed by atoms with Crippen LogP contribution in [0.3, 0.4) is 0 Å². The molecule has 0 unspecified atom stereocenters. The fraction of sp³-hybridized carbons (Fsp3) is 0.500. The Kier molecular flexibility index (Phi) is 3.04. The molecule has 1 atom stereocenters. The van der Waals surface area contributed by atoms with E-state index in [4.69, 9.17) is 4.74 Å². The zero-order valence-electron chi connectivity index (χ0n) is 8.62. The fourth-order valence-corrected chi connectivity index (χ4v) is 1.80. The first-order valence-corrected chi connectivity index (χ1v) is 5.27. The van der Waals surface area contributed by atoms with Gasteiger partial charge in [-0.2, -0.15) is 0 Å². The van der Waals surface area contributed by atoms with Crippen molar-refractivity contribution in [2.45, 2.75) is 25.8 Å². The molecule has 0 spiro atoms. The molecule has 0 radical (unpaired) electrons. The van der Waals surface area contributed by atoms with Crippen LogP contribution >= 0.6 is 0 Å². The summed E-state index contributed by atoms with van der Waals surface area (Å²) >= 11 is 0. The molecule has 0 amide bonds. The van der Waals surface area contributed by atoms with Crippen molar-refractivity contribution < 1.29 is 4.74 Å². The van der Waals surface area contributed by atoms with Crippen molar-refractivity contribution in [1.29, 1.82) is 0 Å². The zero-order valence-corrected chi connectivity index (χ0v) is 8.62. The summed E-state index contributed by atoms with van der Waals surface area (Å²) in [5.41, 5.74) is 1.25. The fourth-order valence-electron chi connectivity index (χ4n) is 1.80. The topological polar surface area (TPSA) is 21.3 Å². The predicted octanol–water partition coefficient (Wildman–Crippen LogP) is 2.13. The van der Waals surface area contributed by atoms with E-state index in [2.05, 4.69) is 24.4 Å². The van der Waals surface area contributed by atoms with Crippen LogP contribution in [0.25, 0.3) is 0 Å². The maximum absolute atomic E-state index is 5.71.